The highest BCUT2D eigenvalue weighted by Crippen LogP contribution is 2.15. The third-order valence-electron chi connectivity index (χ3n) is 4.78. The van der Waals surface area contributed by atoms with Gasteiger partial charge in [0.2, 0.25) is 0 Å². The molecular weight excluding hydrogens is 312 g/mol. The van der Waals surface area contributed by atoms with E-state index in [-0.39, 0.29) is 17.5 Å². The Bertz CT molecular complexity index is 612. The Hall–Kier alpha value is -2.32. The number of amides is 1. The Labute approximate surface area is 150 Å². The fourth-order valence-corrected chi connectivity index (χ4v) is 3.09. The molecule has 25 heavy (non-hydrogen) atoms. The van der Waals surface area contributed by atoms with Crippen molar-refractivity contribution in [1.29, 1.82) is 5.26 Å². The van der Waals surface area contributed by atoms with Crippen molar-refractivity contribution in [3.05, 3.63) is 47.7 Å². The molecule has 2 rings (SSSR count). The first kappa shape index (κ1) is 19.0. The molecule has 0 unspecified atom stereocenters. The second-order valence-electron chi connectivity index (χ2n) is 6.66. The molecule has 0 aromatic heterocycles. The number of piperidine rings is 1. The Morgan fingerprint density at radius 3 is 2.68 bits per heavy atom. The Kier molecular flexibility index (Phi) is 7.49. The molecule has 1 aromatic carbocycles. The van der Waals surface area contributed by atoms with Gasteiger partial charge in [0.15, 0.2) is 0 Å². The van der Waals surface area contributed by atoms with E-state index >= 15 is 0 Å². The number of aryl methyl sites for hydroxylation is 1. The highest BCUT2D eigenvalue weighted by Gasteiger charge is 2.25. The van der Waals surface area contributed by atoms with Crippen LogP contribution in [0.15, 0.2) is 42.1 Å². The van der Waals surface area contributed by atoms with Crippen molar-refractivity contribution >= 4 is 5.91 Å². The zero-order valence-electron chi connectivity index (χ0n) is 15.2. The molecule has 1 aliphatic heterocycles. The molecule has 0 radical (unpaired) electrons. The van der Waals surface area contributed by atoms with Crippen LogP contribution in [0.2, 0.25) is 0 Å². The van der Waals surface area contributed by atoms with Crippen LogP contribution in [0.25, 0.3) is 0 Å². The number of hydrogen-bond acceptors (Lipinski definition) is 4. The third kappa shape index (κ3) is 5.91. The molecule has 0 spiro atoms. The van der Waals surface area contributed by atoms with E-state index in [0.717, 1.165) is 45.3 Å². The standard InChI is InChI=1S/C20H28N4O/c1-23-13-10-19(11-14-23)24(2)20(25)18(15-21)16-22-12-6-9-17-7-4-3-5-8-17/h3-5,7-8,16,19,22H,6,9-14H2,1-2H3/b18-16-. The number of carbonyl (C=O) groups excluding carboxylic acids is 1. The van der Waals surface area contributed by atoms with Crippen LogP contribution in [-0.4, -0.2) is 55.5 Å². The van der Waals surface area contributed by atoms with Gasteiger partial charge in [-0.25, -0.2) is 0 Å². The summed E-state index contributed by atoms with van der Waals surface area (Å²) in [6, 6.07) is 12.6. The lowest BCUT2D eigenvalue weighted by Crippen LogP contribution is -2.45. The average molecular weight is 340 g/mol. The van der Waals surface area contributed by atoms with Crippen LogP contribution in [0.4, 0.5) is 0 Å². The monoisotopic (exact) mass is 340 g/mol. The molecule has 1 aliphatic rings. The predicted molar refractivity (Wildman–Crippen MR) is 99.8 cm³/mol. The summed E-state index contributed by atoms with van der Waals surface area (Å²) in [6.45, 7) is 2.72. The predicted octanol–water partition coefficient (Wildman–Crippen LogP) is 2.17. The van der Waals surface area contributed by atoms with Gasteiger partial charge in [-0.3, -0.25) is 4.79 Å². The SMILES string of the molecule is CN1CCC(N(C)C(=O)/C(C#N)=C\NCCCc2ccccc2)CC1. The van der Waals surface area contributed by atoms with Crippen LogP contribution in [0.3, 0.4) is 0 Å². The van der Waals surface area contributed by atoms with E-state index in [0.29, 0.717) is 0 Å². The highest BCUT2D eigenvalue weighted by atomic mass is 16.2. The second kappa shape index (κ2) is 9.85. The Morgan fingerprint density at radius 2 is 2.04 bits per heavy atom. The summed E-state index contributed by atoms with van der Waals surface area (Å²) in [5.41, 5.74) is 1.48. The zero-order valence-corrected chi connectivity index (χ0v) is 15.2. The summed E-state index contributed by atoms with van der Waals surface area (Å²) in [5.74, 6) is -0.187. The van der Waals surface area contributed by atoms with Gasteiger partial charge < -0.3 is 15.1 Å². The number of benzene rings is 1. The van der Waals surface area contributed by atoms with Gasteiger partial charge in [-0.1, -0.05) is 30.3 Å². The van der Waals surface area contributed by atoms with Crippen molar-refractivity contribution in [2.75, 3.05) is 33.7 Å². The number of nitrogens with zero attached hydrogens (tertiary/aromatic N) is 3. The molecule has 134 valence electrons. The number of likely N-dealkylation sites (N-methyl/N-ethyl adjacent to an activating group) is 1. The molecular formula is C20H28N4O. The summed E-state index contributed by atoms with van der Waals surface area (Å²) in [7, 11) is 3.90. The molecule has 0 bridgehead atoms. The second-order valence-corrected chi connectivity index (χ2v) is 6.66. The molecule has 0 atom stereocenters. The van der Waals surface area contributed by atoms with Crippen molar-refractivity contribution in [3.8, 4) is 6.07 Å². The molecule has 1 fully saturated rings. The average Bonchev–Trinajstić information content (AvgIpc) is 2.65. The van der Waals surface area contributed by atoms with Gasteiger partial charge in [-0.05, 0) is 51.4 Å². The minimum Gasteiger partial charge on any atom is -0.390 e. The molecule has 1 aromatic rings. The van der Waals surface area contributed by atoms with E-state index in [9.17, 15) is 10.1 Å². The Balaban J connectivity index is 1.78. The molecule has 1 amide bonds. The van der Waals surface area contributed by atoms with Crippen molar-refractivity contribution < 1.29 is 4.79 Å². The van der Waals surface area contributed by atoms with E-state index in [1.54, 1.807) is 18.1 Å². The van der Waals surface area contributed by atoms with Crippen LogP contribution in [0.5, 0.6) is 0 Å². The van der Waals surface area contributed by atoms with Crippen molar-refractivity contribution in [2.45, 2.75) is 31.7 Å². The molecule has 5 heteroatoms. The third-order valence-corrected chi connectivity index (χ3v) is 4.78. The van der Waals surface area contributed by atoms with Crippen LogP contribution in [0, 0.1) is 11.3 Å². The topological polar surface area (TPSA) is 59.4 Å². The lowest BCUT2D eigenvalue weighted by Gasteiger charge is -2.34. The van der Waals surface area contributed by atoms with Gasteiger partial charge in [0.05, 0.1) is 0 Å². The van der Waals surface area contributed by atoms with Crippen LogP contribution >= 0.6 is 0 Å². The summed E-state index contributed by atoms with van der Waals surface area (Å²) in [5, 5.41) is 12.4. The number of nitrogens with one attached hydrogen (secondary N) is 1. The first-order chi connectivity index (χ1) is 12.1. The van der Waals surface area contributed by atoms with E-state index < -0.39 is 0 Å². The first-order valence-corrected chi connectivity index (χ1v) is 8.95. The lowest BCUT2D eigenvalue weighted by molar-refractivity contribution is -0.128. The molecule has 1 heterocycles. The molecule has 0 aliphatic carbocycles. The molecule has 5 nitrogen and oxygen atoms in total. The number of likely N-dealkylation sites (tertiary alicyclic amines) is 1. The largest absolute Gasteiger partial charge is 0.390 e. The van der Waals surface area contributed by atoms with Gasteiger partial charge in [0, 0.05) is 25.8 Å². The fourth-order valence-electron chi connectivity index (χ4n) is 3.09. The minimum atomic E-state index is -0.187. The normalized spacial score (nSPS) is 16.3. The summed E-state index contributed by atoms with van der Waals surface area (Å²) >= 11 is 0. The van der Waals surface area contributed by atoms with Gasteiger partial charge in [0.25, 0.3) is 5.91 Å². The van der Waals surface area contributed by atoms with E-state index in [4.69, 9.17) is 0 Å². The number of rotatable bonds is 7. The van der Waals surface area contributed by atoms with E-state index in [1.165, 1.54) is 5.56 Å². The lowest BCUT2D eigenvalue weighted by atomic mass is 10.0. The maximum atomic E-state index is 12.5. The number of carbonyl (C=O) groups is 1. The van der Waals surface area contributed by atoms with Crippen LogP contribution in [-0.2, 0) is 11.2 Å². The molecule has 1 saturated heterocycles. The maximum absolute atomic E-state index is 12.5. The van der Waals surface area contributed by atoms with Gasteiger partial charge in [-0.2, -0.15) is 5.26 Å². The zero-order chi connectivity index (χ0) is 18.1. The number of hydrogen-bond donors (Lipinski definition) is 1. The van der Waals surface area contributed by atoms with Crippen molar-refractivity contribution in [1.82, 2.24) is 15.1 Å². The van der Waals surface area contributed by atoms with Gasteiger partial charge in [-0.15, -0.1) is 0 Å². The van der Waals surface area contributed by atoms with Gasteiger partial charge in [0.1, 0.15) is 11.6 Å². The smallest absolute Gasteiger partial charge is 0.265 e. The highest BCUT2D eigenvalue weighted by molar-refractivity contribution is 5.97. The van der Waals surface area contributed by atoms with Crippen molar-refractivity contribution in [3.63, 3.8) is 0 Å². The summed E-state index contributed by atoms with van der Waals surface area (Å²) in [6.07, 6.45) is 5.42. The van der Waals surface area contributed by atoms with Crippen LogP contribution < -0.4 is 5.32 Å². The van der Waals surface area contributed by atoms with E-state index in [2.05, 4.69) is 29.4 Å². The van der Waals surface area contributed by atoms with E-state index in [1.807, 2.05) is 24.3 Å². The molecule has 1 N–H and O–H groups in total. The fraction of sp³-hybridized carbons (Fsp3) is 0.500. The minimum absolute atomic E-state index is 0.182. The maximum Gasteiger partial charge on any atom is 0.265 e. The van der Waals surface area contributed by atoms with Gasteiger partial charge >= 0.3 is 0 Å². The summed E-state index contributed by atoms with van der Waals surface area (Å²) < 4.78 is 0. The quantitative estimate of drug-likeness (QED) is 0.469. The van der Waals surface area contributed by atoms with Crippen LogP contribution in [0.1, 0.15) is 24.8 Å². The summed E-state index contributed by atoms with van der Waals surface area (Å²) in [4.78, 5) is 16.5. The molecule has 0 saturated carbocycles. The Morgan fingerprint density at radius 1 is 1.36 bits per heavy atom. The first-order valence-electron chi connectivity index (χ1n) is 8.95. The van der Waals surface area contributed by atoms with Crippen molar-refractivity contribution in [2.24, 2.45) is 0 Å². The number of nitriles is 1.